The highest BCUT2D eigenvalue weighted by Crippen LogP contribution is 2.16. The van der Waals surface area contributed by atoms with Gasteiger partial charge in [0, 0.05) is 10.5 Å². The van der Waals surface area contributed by atoms with E-state index in [4.69, 9.17) is 0 Å². The molecule has 1 atom stereocenters. The van der Waals surface area contributed by atoms with Gasteiger partial charge in [-0.2, -0.15) is 0 Å². The van der Waals surface area contributed by atoms with Gasteiger partial charge in [0.15, 0.2) is 0 Å². The highest BCUT2D eigenvalue weighted by molar-refractivity contribution is 9.10. The Morgan fingerprint density at radius 2 is 1.71 bits per heavy atom. The van der Waals surface area contributed by atoms with Crippen LogP contribution in [0, 0.1) is 6.92 Å². The smallest absolute Gasteiger partial charge is 0.208 e. The van der Waals surface area contributed by atoms with Crippen molar-refractivity contribution in [3.8, 4) is 0 Å². The second kappa shape index (κ2) is 6.73. The number of benzene rings is 2. The first-order chi connectivity index (χ1) is 9.88. The van der Waals surface area contributed by atoms with Crippen molar-refractivity contribution >= 4 is 26.0 Å². The van der Waals surface area contributed by atoms with E-state index in [2.05, 4.69) is 20.7 Å². The molecule has 21 heavy (non-hydrogen) atoms. The molecule has 0 radical (unpaired) electrons. The van der Waals surface area contributed by atoms with Crippen LogP contribution in [0.1, 0.15) is 18.1 Å². The minimum atomic E-state index is -3.48. The normalized spacial score (nSPS) is 13.1. The standard InChI is InChI=1S/C16H18BrNO2S/c1-12-5-3-4-6-16(12)21(19,20)18-13(2)11-14-7-9-15(17)10-8-14/h3-10,13,18H,11H2,1-2H3. The van der Waals surface area contributed by atoms with Crippen LogP contribution in [0.5, 0.6) is 0 Å². The van der Waals surface area contributed by atoms with E-state index >= 15 is 0 Å². The van der Waals surface area contributed by atoms with Gasteiger partial charge in [-0.15, -0.1) is 0 Å². The van der Waals surface area contributed by atoms with Gasteiger partial charge in [-0.05, 0) is 49.6 Å². The second-order valence-corrected chi connectivity index (χ2v) is 7.72. The number of rotatable bonds is 5. The van der Waals surface area contributed by atoms with E-state index in [1.807, 2.05) is 37.3 Å². The Balaban J connectivity index is 2.10. The molecule has 112 valence electrons. The summed E-state index contributed by atoms with van der Waals surface area (Å²) < 4.78 is 28.5. The Kier molecular flexibility index (Phi) is 5.19. The lowest BCUT2D eigenvalue weighted by Crippen LogP contribution is -2.34. The van der Waals surface area contributed by atoms with Gasteiger partial charge in [0.1, 0.15) is 0 Å². The lowest BCUT2D eigenvalue weighted by Gasteiger charge is -2.15. The summed E-state index contributed by atoms with van der Waals surface area (Å²) in [5, 5.41) is 0. The molecule has 0 aliphatic carbocycles. The molecular formula is C16H18BrNO2S. The van der Waals surface area contributed by atoms with Crippen molar-refractivity contribution < 1.29 is 8.42 Å². The van der Waals surface area contributed by atoms with E-state index in [1.165, 1.54) is 0 Å². The predicted molar refractivity (Wildman–Crippen MR) is 88.8 cm³/mol. The predicted octanol–water partition coefficient (Wildman–Crippen LogP) is 3.67. The van der Waals surface area contributed by atoms with Gasteiger partial charge in [0.2, 0.25) is 10.0 Å². The van der Waals surface area contributed by atoms with E-state index in [1.54, 1.807) is 25.1 Å². The molecule has 0 heterocycles. The van der Waals surface area contributed by atoms with Gasteiger partial charge in [-0.3, -0.25) is 0 Å². The van der Waals surface area contributed by atoms with Gasteiger partial charge in [0.25, 0.3) is 0 Å². The zero-order chi connectivity index (χ0) is 15.5. The van der Waals surface area contributed by atoms with Crippen LogP contribution in [0.3, 0.4) is 0 Å². The third-order valence-corrected chi connectivity index (χ3v) is 5.47. The van der Waals surface area contributed by atoms with Gasteiger partial charge < -0.3 is 0 Å². The van der Waals surface area contributed by atoms with Crippen molar-refractivity contribution in [3.63, 3.8) is 0 Å². The molecule has 0 amide bonds. The Morgan fingerprint density at radius 1 is 1.10 bits per heavy atom. The van der Waals surface area contributed by atoms with Crippen molar-refractivity contribution in [2.75, 3.05) is 0 Å². The molecule has 0 aliphatic heterocycles. The molecule has 2 rings (SSSR count). The molecule has 1 N–H and O–H groups in total. The maximum atomic E-state index is 12.4. The van der Waals surface area contributed by atoms with Crippen molar-refractivity contribution in [2.24, 2.45) is 0 Å². The van der Waals surface area contributed by atoms with E-state index in [9.17, 15) is 8.42 Å². The van der Waals surface area contributed by atoms with E-state index in [0.29, 0.717) is 11.3 Å². The Bertz CT molecular complexity index is 711. The fourth-order valence-corrected chi connectivity index (χ4v) is 3.96. The third-order valence-electron chi connectivity index (χ3n) is 3.19. The maximum Gasteiger partial charge on any atom is 0.241 e. The molecule has 0 fully saturated rings. The van der Waals surface area contributed by atoms with Gasteiger partial charge >= 0.3 is 0 Å². The summed E-state index contributed by atoms with van der Waals surface area (Å²) in [5.74, 6) is 0. The zero-order valence-electron chi connectivity index (χ0n) is 12.0. The third kappa shape index (κ3) is 4.40. The molecule has 2 aromatic carbocycles. The number of hydrogen-bond donors (Lipinski definition) is 1. The highest BCUT2D eigenvalue weighted by atomic mass is 79.9. The average molecular weight is 368 g/mol. The zero-order valence-corrected chi connectivity index (χ0v) is 14.4. The molecule has 0 aromatic heterocycles. The van der Waals surface area contributed by atoms with E-state index in [0.717, 1.165) is 15.6 Å². The Hall–Kier alpha value is -1.17. The quantitative estimate of drug-likeness (QED) is 0.876. The monoisotopic (exact) mass is 367 g/mol. The first kappa shape index (κ1) is 16.2. The van der Waals surface area contributed by atoms with Crippen LogP contribution < -0.4 is 4.72 Å². The van der Waals surface area contributed by atoms with Crippen LogP contribution in [-0.4, -0.2) is 14.5 Å². The molecule has 0 spiro atoms. The van der Waals surface area contributed by atoms with Crippen LogP contribution in [0.25, 0.3) is 0 Å². The van der Waals surface area contributed by atoms with Crippen LogP contribution in [0.4, 0.5) is 0 Å². The summed E-state index contributed by atoms with van der Waals surface area (Å²) in [6.45, 7) is 3.67. The van der Waals surface area contributed by atoms with Gasteiger partial charge in [-0.1, -0.05) is 46.3 Å². The first-order valence-electron chi connectivity index (χ1n) is 6.71. The van der Waals surface area contributed by atoms with Gasteiger partial charge in [0.05, 0.1) is 4.90 Å². The first-order valence-corrected chi connectivity index (χ1v) is 8.98. The summed E-state index contributed by atoms with van der Waals surface area (Å²) in [6.07, 6.45) is 0.651. The van der Waals surface area contributed by atoms with Crippen molar-refractivity contribution in [1.82, 2.24) is 4.72 Å². The topological polar surface area (TPSA) is 46.2 Å². The summed E-state index contributed by atoms with van der Waals surface area (Å²) in [5.41, 5.74) is 1.85. The Labute approximate surface area is 134 Å². The van der Waals surface area contributed by atoms with Gasteiger partial charge in [-0.25, -0.2) is 13.1 Å². The largest absolute Gasteiger partial charge is 0.241 e. The number of sulfonamides is 1. The molecule has 2 aromatic rings. The van der Waals surface area contributed by atoms with Crippen LogP contribution in [0.15, 0.2) is 57.9 Å². The molecule has 0 saturated heterocycles. The summed E-state index contributed by atoms with van der Waals surface area (Å²) >= 11 is 3.39. The number of hydrogen-bond acceptors (Lipinski definition) is 2. The summed E-state index contributed by atoms with van der Waals surface area (Å²) in [4.78, 5) is 0.340. The molecule has 3 nitrogen and oxygen atoms in total. The molecular weight excluding hydrogens is 350 g/mol. The maximum absolute atomic E-state index is 12.4. The highest BCUT2D eigenvalue weighted by Gasteiger charge is 2.19. The SMILES string of the molecule is Cc1ccccc1S(=O)(=O)NC(C)Cc1ccc(Br)cc1. The van der Waals surface area contributed by atoms with Crippen LogP contribution in [-0.2, 0) is 16.4 Å². The van der Waals surface area contributed by atoms with E-state index in [-0.39, 0.29) is 6.04 Å². The van der Waals surface area contributed by atoms with Crippen LogP contribution >= 0.6 is 15.9 Å². The molecule has 1 unspecified atom stereocenters. The minimum Gasteiger partial charge on any atom is -0.208 e. The fourth-order valence-electron chi connectivity index (χ4n) is 2.20. The van der Waals surface area contributed by atoms with Crippen molar-refractivity contribution in [2.45, 2.75) is 31.2 Å². The summed E-state index contributed by atoms with van der Waals surface area (Å²) in [7, 11) is -3.48. The number of halogens is 1. The van der Waals surface area contributed by atoms with Crippen LogP contribution in [0.2, 0.25) is 0 Å². The van der Waals surface area contributed by atoms with Crippen molar-refractivity contribution in [1.29, 1.82) is 0 Å². The minimum absolute atomic E-state index is 0.171. The average Bonchev–Trinajstić information content (AvgIpc) is 2.41. The van der Waals surface area contributed by atoms with Crippen molar-refractivity contribution in [3.05, 3.63) is 64.1 Å². The fraction of sp³-hybridized carbons (Fsp3) is 0.250. The van der Waals surface area contributed by atoms with E-state index < -0.39 is 10.0 Å². The molecule has 0 saturated carbocycles. The molecule has 0 aliphatic rings. The lowest BCUT2D eigenvalue weighted by atomic mass is 10.1. The molecule has 0 bridgehead atoms. The molecule has 5 heteroatoms. The summed E-state index contributed by atoms with van der Waals surface area (Å²) in [6, 6.07) is 14.7. The lowest BCUT2D eigenvalue weighted by molar-refractivity contribution is 0.559. The second-order valence-electron chi connectivity index (χ2n) is 5.12. The number of nitrogens with one attached hydrogen (secondary N) is 1. The number of aryl methyl sites for hydroxylation is 1. The Morgan fingerprint density at radius 3 is 2.33 bits per heavy atom.